The summed E-state index contributed by atoms with van der Waals surface area (Å²) in [5.74, 6) is 0.318. The van der Waals surface area contributed by atoms with Gasteiger partial charge in [0.25, 0.3) is 0 Å². The van der Waals surface area contributed by atoms with Crippen molar-refractivity contribution in [3.8, 4) is 22.3 Å². The molecule has 0 saturated heterocycles. The lowest BCUT2D eigenvalue weighted by Gasteiger charge is -2.30. The van der Waals surface area contributed by atoms with E-state index in [4.69, 9.17) is 0 Å². The van der Waals surface area contributed by atoms with E-state index in [0.29, 0.717) is 5.92 Å². The summed E-state index contributed by atoms with van der Waals surface area (Å²) in [5.41, 5.74) is 18.4. The lowest BCUT2D eigenvalue weighted by Crippen LogP contribution is -2.18. The van der Waals surface area contributed by atoms with Crippen molar-refractivity contribution < 1.29 is 0 Å². The van der Waals surface area contributed by atoms with Crippen molar-refractivity contribution in [3.63, 3.8) is 0 Å². The van der Waals surface area contributed by atoms with E-state index in [1.807, 2.05) is 0 Å². The molecule has 2 aliphatic carbocycles. The number of anilines is 3. The van der Waals surface area contributed by atoms with Gasteiger partial charge >= 0.3 is 0 Å². The van der Waals surface area contributed by atoms with Gasteiger partial charge in [0.15, 0.2) is 0 Å². The molecule has 0 bridgehead atoms. The van der Waals surface area contributed by atoms with Crippen LogP contribution in [0, 0.1) is 0 Å². The molecule has 12 aromatic rings. The Morgan fingerprint density at radius 1 is 0.333 bits per heavy atom. The molecular weight excluding hydrogens is 867 g/mol. The second kappa shape index (κ2) is 16.1. The lowest BCUT2D eigenvalue weighted by atomic mass is 9.78. The first-order chi connectivity index (χ1) is 35.2. The molecule has 72 heavy (non-hydrogen) atoms. The highest BCUT2D eigenvalue weighted by Crippen LogP contribution is 2.59. The van der Waals surface area contributed by atoms with Crippen LogP contribution in [0.5, 0.6) is 0 Å². The molecule has 1 atom stereocenters. The first-order valence-electron chi connectivity index (χ1n) is 25.8. The summed E-state index contributed by atoms with van der Waals surface area (Å²) < 4.78 is 0. The second-order valence-electron chi connectivity index (χ2n) is 21.7. The molecule has 12 aromatic carbocycles. The predicted octanol–water partition coefficient (Wildman–Crippen LogP) is 19.1. The molecule has 0 aliphatic heterocycles. The third kappa shape index (κ3) is 6.75. The normalized spacial score (nSPS) is 14.4. The van der Waals surface area contributed by atoms with E-state index in [-0.39, 0.29) is 10.8 Å². The zero-order valence-corrected chi connectivity index (χ0v) is 41.4. The molecule has 1 heteroatoms. The fourth-order valence-electron chi connectivity index (χ4n) is 12.9. The molecule has 0 unspecified atom stereocenters. The number of hydrogen-bond donors (Lipinski definition) is 0. The minimum Gasteiger partial charge on any atom is -0.310 e. The van der Waals surface area contributed by atoms with E-state index in [1.54, 1.807) is 0 Å². The van der Waals surface area contributed by atoms with Gasteiger partial charge in [0.1, 0.15) is 0 Å². The third-order valence-corrected chi connectivity index (χ3v) is 16.8. The molecular formula is C71H55N. The van der Waals surface area contributed by atoms with E-state index >= 15 is 0 Å². The van der Waals surface area contributed by atoms with E-state index in [0.717, 1.165) is 24.2 Å². The molecule has 2 aliphatic rings. The van der Waals surface area contributed by atoms with Crippen LogP contribution < -0.4 is 4.90 Å². The molecule has 0 amide bonds. The fraction of sp³-hybridized carbons (Fsp3) is 0.127. The van der Waals surface area contributed by atoms with Crippen LogP contribution in [0.2, 0.25) is 0 Å². The number of hydrogen-bond acceptors (Lipinski definition) is 1. The van der Waals surface area contributed by atoms with Crippen LogP contribution in [0.25, 0.3) is 76.1 Å². The predicted molar refractivity (Wildman–Crippen MR) is 307 cm³/mol. The van der Waals surface area contributed by atoms with Crippen molar-refractivity contribution in [1.82, 2.24) is 0 Å². The smallest absolute Gasteiger partial charge is 0.0543 e. The zero-order chi connectivity index (χ0) is 48.3. The Bertz CT molecular complexity index is 4110. The van der Waals surface area contributed by atoms with Crippen molar-refractivity contribution >= 4 is 70.9 Å². The minimum atomic E-state index is -0.250. The molecule has 0 fully saturated rings. The van der Waals surface area contributed by atoms with Gasteiger partial charge in [-0.15, -0.1) is 0 Å². The first-order valence-corrected chi connectivity index (χ1v) is 25.8. The summed E-state index contributed by atoms with van der Waals surface area (Å²) in [5, 5.41) is 12.7. The van der Waals surface area contributed by atoms with Crippen LogP contribution in [0.4, 0.5) is 17.1 Å². The molecule has 0 radical (unpaired) electrons. The standard InChI is InChI=1S/C71H55N/c1-70(2)64-38-46(37-56(55-29-28-48-16-6-10-20-52(48)39-55)36-45-25-27-47-15-5-9-19-51(47)35-45)26-34-59(64)62-42-66-63(43-65(62)70)69-61-24-14-13-23-60(61)68(44-67(69)71(66,3)4)72(57-32-30-49-17-7-11-21-53(49)40-57)58-33-31-50-18-8-12-22-54(50)41-58/h5-35,38-44,56H,36-37H2,1-4H3/t56-/m1/s1. The summed E-state index contributed by atoms with van der Waals surface area (Å²) in [4.78, 5) is 2.50. The molecule has 0 heterocycles. The highest BCUT2D eigenvalue weighted by molar-refractivity contribution is 6.11. The number of fused-ring (bicyclic) bond motifs is 12. The van der Waals surface area contributed by atoms with Crippen LogP contribution in [0.15, 0.2) is 231 Å². The monoisotopic (exact) mass is 921 g/mol. The maximum atomic E-state index is 2.59. The zero-order valence-electron chi connectivity index (χ0n) is 41.4. The van der Waals surface area contributed by atoms with Crippen molar-refractivity contribution in [3.05, 3.63) is 269 Å². The second-order valence-corrected chi connectivity index (χ2v) is 21.7. The highest BCUT2D eigenvalue weighted by atomic mass is 15.1. The quantitative estimate of drug-likeness (QED) is 0.147. The van der Waals surface area contributed by atoms with Gasteiger partial charge in [-0.1, -0.05) is 216 Å². The molecule has 344 valence electrons. The third-order valence-electron chi connectivity index (χ3n) is 16.8. The summed E-state index contributed by atoms with van der Waals surface area (Å²) in [6, 6.07) is 87.2. The van der Waals surface area contributed by atoms with Crippen molar-refractivity contribution in [2.45, 2.75) is 57.3 Å². The fourth-order valence-corrected chi connectivity index (χ4v) is 12.9. The number of rotatable bonds is 8. The molecule has 1 nitrogen and oxygen atoms in total. The topological polar surface area (TPSA) is 3.24 Å². The Morgan fingerprint density at radius 3 is 1.40 bits per heavy atom. The largest absolute Gasteiger partial charge is 0.310 e. The summed E-state index contributed by atoms with van der Waals surface area (Å²) in [7, 11) is 0. The van der Waals surface area contributed by atoms with Crippen LogP contribution in [-0.4, -0.2) is 0 Å². The molecule has 14 rings (SSSR count). The van der Waals surface area contributed by atoms with Crippen LogP contribution in [0.3, 0.4) is 0 Å². The summed E-state index contributed by atoms with van der Waals surface area (Å²) in [6.45, 7) is 9.81. The number of nitrogens with zero attached hydrogens (tertiary/aromatic N) is 1. The van der Waals surface area contributed by atoms with Gasteiger partial charge in [-0.05, 0) is 171 Å². The van der Waals surface area contributed by atoms with Gasteiger partial charge in [0.05, 0.1) is 5.69 Å². The molecule has 0 spiro atoms. The van der Waals surface area contributed by atoms with Crippen molar-refractivity contribution in [2.24, 2.45) is 0 Å². The highest BCUT2D eigenvalue weighted by Gasteiger charge is 2.43. The number of benzene rings is 12. The van der Waals surface area contributed by atoms with Gasteiger partial charge in [-0.25, -0.2) is 0 Å². The Morgan fingerprint density at radius 2 is 0.778 bits per heavy atom. The van der Waals surface area contributed by atoms with E-state index in [9.17, 15) is 0 Å². The Balaban J connectivity index is 0.874. The molecule has 0 aromatic heterocycles. The lowest BCUT2D eigenvalue weighted by molar-refractivity contribution is 0.648. The minimum absolute atomic E-state index is 0.182. The van der Waals surface area contributed by atoms with Crippen molar-refractivity contribution in [2.75, 3.05) is 4.90 Å². The van der Waals surface area contributed by atoms with Gasteiger partial charge in [-0.2, -0.15) is 0 Å². The van der Waals surface area contributed by atoms with E-state index in [2.05, 4.69) is 263 Å². The van der Waals surface area contributed by atoms with Gasteiger partial charge in [-0.3, -0.25) is 0 Å². The van der Waals surface area contributed by atoms with Gasteiger partial charge < -0.3 is 4.90 Å². The SMILES string of the molecule is CC1(C)c2cc(C[C@@H](Cc3ccc4ccccc4c3)c3ccc4ccccc4c3)ccc2-c2cc3c(cc21)-c1c(cc(N(c2ccc4ccccc4c2)c2ccc4ccccc4c2)c2ccccc12)C3(C)C. The van der Waals surface area contributed by atoms with E-state index in [1.165, 1.54) is 121 Å². The van der Waals surface area contributed by atoms with E-state index < -0.39 is 0 Å². The molecule has 0 saturated carbocycles. The van der Waals surface area contributed by atoms with Crippen LogP contribution in [0.1, 0.15) is 72.6 Å². The summed E-state index contributed by atoms with van der Waals surface area (Å²) >= 11 is 0. The average Bonchev–Trinajstić information content (AvgIpc) is 3.78. The average molecular weight is 922 g/mol. The van der Waals surface area contributed by atoms with Crippen LogP contribution >= 0.6 is 0 Å². The van der Waals surface area contributed by atoms with Gasteiger partial charge in [0, 0.05) is 27.6 Å². The Hall–Kier alpha value is -8.26. The Labute approximate surface area is 422 Å². The Kier molecular flexibility index (Phi) is 9.55. The first kappa shape index (κ1) is 42.6. The summed E-state index contributed by atoms with van der Waals surface area (Å²) in [6.07, 6.45) is 1.94. The maximum Gasteiger partial charge on any atom is 0.0543 e. The van der Waals surface area contributed by atoms with Gasteiger partial charge in [0.2, 0.25) is 0 Å². The molecule has 0 N–H and O–H groups in total. The van der Waals surface area contributed by atoms with Crippen LogP contribution in [-0.2, 0) is 23.7 Å². The van der Waals surface area contributed by atoms with Crippen molar-refractivity contribution in [1.29, 1.82) is 0 Å². The maximum absolute atomic E-state index is 2.59.